The molecular formula is C16H13NO2S. The average molecular weight is 283 g/mol. The van der Waals surface area contributed by atoms with E-state index in [1.54, 1.807) is 18.0 Å². The lowest BCUT2D eigenvalue weighted by Crippen LogP contribution is -2.11. The second kappa shape index (κ2) is 4.80. The van der Waals surface area contributed by atoms with Gasteiger partial charge in [0.05, 0.1) is 6.26 Å². The van der Waals surface area contributed by atoms with E-state index in [1.165, 1.54) is 0 Å². The molecule has 0 radical (unpaired) electrons. The number of furan rings is 1. The van der Waals surface area contributed by atoms with Crippen LogP contribution in [0.1, 0.15) is 11.8 Å². The summed E-state index contributed by atoms with van der Waals surface area (Å²) in [6.45, 7) is 0. The second-order valence-electron chi connectivity index (χ2n) is 4.70. The number of rotatable bonds is 2. The largest absolute Gasteiger partial charge is 0.464 e. The number of fused-ring (bicyclic) bond motifs is 1. The summed E-state index contributed by atoms with van der Waals surface area (Å²) in [6.07, 6.45) is 7.76. The molecule has 2 aliphatic heterocycles. The Hall–Kier alpha value is -2.07. The normalized spacial score (nSPS) is 21.3. The fraction of sp³-hybridized carbons (Fsp3) is 0.125. The molecule has 1 atom stereocenters. The number of ether oxygens (including phenoxy) is 1. The van der Waals surface area contributed by atoms with E-state index < -0.39 is 0 Å². The summed E-state index contributed by atoms with van der Waals surface area (Å²) in [5.74, 6) is 1.93. The molecule has 0 aliphatic carbocycles. The van der Waals surface area contributed by atoms with Gasteiger partial charge in [0.2, 0.25) is 0 Å². The van der Waals surface area contributed by atoms with Crippen molar-refractivity contribution in [2.75, 3.05) is 5.75 Å². The number of benzene rings is 1. The van der Waals surface area contributed by atoms with Crippen LogP contribution in [0.5, 0.6) is 0 Å². The van der Waals surface area contributed by atoms with Gasteiger partial charge in [0.1, 0.15) is 11.3 Å². The van der Waals surface area contributed by atoms with Gasteiger partial charge in [-0.1, -0.05) is 12.2 Å². The summed E-state index contributed by atoms with van der Waals surface area (Å²) >= 11 is 1.78. The quantitative estimate of drug-likeness (QED) is 0.900. The van der Waals surface area contributed by atoms with Crippen LogP contribution in [-0.2, 0) is 4.74 Å². The first-order chi connectivity index (χ1) is 9.90. The standard InChI is InChI=1S/C16H13NO2S/c1-2-13(10-20-7-1)15-9-17-16(19-15)12-3-4-14-11(8-12)5-6-18-14/h1-6,8-10,16-17H,7H2. The lowest BCUT2D eigenvalue weighted by molar-refractivity contribution is 0.135. The maximum atomic E-state index is 6.00. The molecule has 1 aromatic heterocycles. The highest BCUT2D eigenvalue weighted by Crippen LogP contribution is 2.31. The van der Waals surface area contributed by atoms with Crippen LogP contribution in [0.4, 0.5) is 0 Å². The van der Waals surface area contributed by atoms with Crippen LogP contribution in [0.15, 0.2) is 70.0 Å². The Bertz CT molecular complexity index is 742. The molecule has 1 unspecified atom stereocenters. The zero-order chi connectivity index (χ0) is 13.4. The number of nitrogens with one attached hydrogen (secondary N) is 1. The lowest BCUT2D eigenvalue weighted by Gasteiger charge is -2.14. The van der Waals surface area contributed by atoms with Crippen molar-refractivity contribution < 1.29 is 9.15 Å². The minimum absolute atomic E-state index is 0.134. The molecule has 0 spiro atoms. The summed E-state index contributed by atoms with van der Waals surface area (Å²) in [5, 5.41) is 6.50. The van der Waals surface area contributed by atoms with Crippen LogP contribution >= 0.6 is 11.8 Å². The Morgan fingerprint density at radius 1 is 1.25 bits per heavy atom. The van der Waals surface area contributed by atoms with Crippen molar-refractivity contribution in [1.82, 2.24) is 5.32 Å². The third-order valence-electron chi connectivity index (χ3n) is 3.37. The first kappa shape index (κ1) is 11.7. The number of allylic oxidation sites excluding steroid dienone is 1. The molecule has 20 heavy (non-hydrogen) atoms. The van der Waals surface area contributed by atoms with Crippen molar-refractivity contribution in [3.05, 3.63) is 71.2 Å². The van der Waals surface area contributed by atoms with Gasteiger partial charge in [0.15, 0.2) is 6.23 Å². The summed E-state index contributed by atoms with van der Waals surface area (Å²) in [7, 11) is 0. The van der Waals surface area contributed by atoms with Gasteiger partial charge < -0.3 is 14.5 Å². The molecule has 0 saturated heterocycles. The molecule has 0 fully saturated rings. The van der Waals surface area contributed by atoms with Gasteiger partial charge in [-0.05, 0) is 29.7 Å². The average Bonchev–Trinajstić information content (AvgIpc) is 3.16. The van der Waals surface area contributed by atoms with Gasteiger partial charge >= 0.3 is 0 Å². The Morgan fingerprint density at radius 3 is 3.15 bits per heavy atom. The molecule has 2 aliphatic rings. The van der Waals surface area contributed by atoms with Crippen molar-refractivity contribution in [1.29, 1.82) is 0 Å². The number of thioether (sulfide) groups is 1. The second-order valence-corrected chi connectivity index (χ2v) is 5.60. The molecule has 4 rings (SSSR count). The molecule has 2 aromatic rings. The highest BCUT2D eigenvalue weighted by Gasteiger charge is 2.21. The fourth-order valence-corrected chi connectivity index (χ4v) is 3.04. The van der Waals surface area contributed by atoms with E-state index in [0.29, 0.717) is 0 Å². The van der Waals surface area contributed by atoms with Crippen molar-refractivity contribution >= 4 is 22.7 Å². The third kappa shape index (κ3) is 2.02. The van der Waals surface area contributed by atoms with E-state index in [2.05, 4.69) is 28.9 Å². The SMILES string of the molecule is C1=CC(C2=CNC(c3ccc4occc4c3)O2)=CSC1. The minimum Gasteiger partial charge on any atom is -0.464 e. The minimum atomic E-state index is -0.134. The molecule has 1 N–H and O–H groups in total. The Balaban J connectivity index is 1.57. The van der Waals surface area contributed by atoms with E-state index in [4.69, 9.17) is 9.15 Å². The van der Waals surface area contributed by atoms with E-state index in [-0.39, 0.29) is 6.23 Å². The van der Waals surface area contributed by atoms with E-state index in [9.17, 15) is 0 Å². The smallest absolute Gasteiger partial charge is 0.196 e. The number of hydrogen-bond acceptors (Lipinski definition) is 4. The van der Waals surface area contributed by atoms with Crippen LogP contribution in [0.2, 0.25) is 0 Å². The summed E-state index contributed by atoms with van der Waals surface area (Å²) < 4.78 is 11.4. The van der Waals surface area contributed by atoms with Crippen LogP contribution in [0, 0.1) is 0 Å². The highest BCUT2D eigenvalue weighted by atomic mass is 32.2. The van der Waals surface area contributed by atoms with Crippen LogP contribution in [0.3, 0.4) is 0 Å². The molecule has 100 valence electrons. The van der Waals surface area contributed by atoms with Gasteiger partial charge in [-0.3, -0.25) is 0 Å². The molecule has 3 nitrogen and oxygen atoms in total. The first-order valence-electron chi connectivity index (χ1n) is 6.49. The van der Waals surface area contributed by atoms with Crippen LogP contribution in [0.25, 0.3) is 11.0 Å². The van der Waals surface area contributed by atoms with Gasteiger partial charge in [0, 0.05) is 28.5 Å². The molecule has 0 saturated carbocycles. The van der Waals surface area contributed by atoms with Gasteiger partial charge in [-0.15, -0.1) is 11.8 Å². The maximum absolute atomic E-state index is 6.00. The number of hydrogen-bond donors (Lipinski definition) is 1. The van der Waals surface area contributed by atoms with Gasteiger partial charge in [-0.25, -0.2) is 0 Å². The summed E-state index contributed by atoms with van der Waals surface area (Å²) in [6, 6.07) is 8.06. The zero-order valence-electron chi connectivity index (χ0n) is 10.7. The van der Waals surface area contributed by atoms with E-state index in [1.807, 2.05) is 24.4 Å². The van der Waals surface area contributed by atoms with Gasteiger partial charge in [-0.2, -0.15) is 0 Å². The van der Waals surface area contributed by atoms with Crippen molar-refractivity contribution in [2.45, 2.75) is 6.23 Å². The predicted octanol–water partition coefficient (Wildman–Crippen LogP) is 4.08. The van der Waals surface area contributed by atoms with E-state index in [0.717, 1.165) is 33.6 Å². The summed E-state index contributed by atoms with van der Waals surface area (Å²) in [5.41, 5.74) is 3.12. The Morgan fingerprint density at radius 2 is 2.25 bits per heavy atom. The van der Waals surface area contributed by atoms with Crippen molar-refractivity contribution in [3.63, 3.8) is 0 Å². The van der Waals surface area contributed by atoms with Gasteiger partial charge in [0.25, 0.3) is 0 Å². The molecule has 0 amide bonds. The third-order valence-corrected chi connectivity index (χ3v) is 4.18. The highest BCUT2D eigenvalue weighted by molar-refractivity contribution is 8.02. The Labute approximate surface area is 121 Å². The zero-order valence-corrected chi connectivity index (χ0v) is 11.5. The van der Waals surface area contributed by atoms with Crippen LogP contribution in [-0.4, -0.2) is 5.75 Å². The molecule has 4 heteroatoms. The predicted molar refractivity (Wildman–Crippen MR) is 80.9 cm³/mol. The lowest BCUT2D eigenvalue weighted by atomic mass is 10.1. The molecule has 1 aromatic carbocycles. The van der Waals surface area contributed by atoms with Crippen molar-refractivity contribution in [3.8, 4) is 0 Å². The molecular weight excluding hydrogens is 270 g/mol. The monoisotopic (exact) mass is 283 g/mol. The Kier molecular flexibility index (Phi) is 2.81. The fourth-order valence-electron chi connectivity index (χ4n) is 2.36. The maximum Gasteiger partial charge on any atom is 0.196 e. The topological polar surface area (TPSA) is 34.4 Å². The summed E-state index contributed by atoms with van der Waals surface area (Å²) in [4.78, 5) is 0. The van der Waals surface area contributed by atoms with Crippen molar-refractivity contribution in [2.24, 2.45) is 0 Å². The molecule has 3 heterocycles. The van der Waals surface area contributed by atoms with E-state index >= 15 is 0 Å². The first-order valence-corrected chi connectivity index (χ1v) is 7.54. The van der Waals surface area contributed by atoms with Crippen LogP contribution < -0.4 is 5.32 Å². The molecule has 0 bridgehead atoms.